The van der Waals surface area contributed by atoms with E-state index in [2.05, 4.69) is 62.8 Å². The first-order chi connectivity index (χ1) is 22.3. The summed E-state index contributed by atoms with van der Waals surface area (Å²) in [5.41, 5.74) is 5.75. The number of hydrogen-bond donors (Lipinski definition) is 3. The Morgan fingerprint density at radius 1 is 0.804 bits per heavy atom. The van der Waals surface area contributed by atoms with Crippen LogP contribution in [-0.4, -0.2) is 45.7 Å². The van der Waals surface area contributed by atoms with E-state index in [0.29, 0.717) is 33.9 Å². The maximum absolute atomic E-state index is 13.1. The van der Waals surface area contributed by atoms with Gasteiger partial charge in [-0.1, -0.05) is 18.2 Å². The minimum atomic E-state index is -0.161. The maximum Gasteiger partial charge on any atom is 0.255 e. The maximum atomic E-state index is 13.1. The predicted molar refractivity (Wildman–Crippen MR) is 193 cm³/mol. The van der Waals surface area contributed by atoms with Gasteiger partial charge in [0.1, 0.15) is 11.5 Å². The van der Waals surface area contributed by atoms with Crippen molar-refractivity contribution in [2.45, 2.75) is 52.1 Å². The number of rotatable bonds is 10. The SMILES string of the molecule is CC(C)NC(=S)Nc1ccc(Oc2ccc(NC(=O)c3ccc(-n4cc(CC(C)N5CCCC5)c5ccccc54)cc3)cc2)cc1. The summed E-state index contributed by atoms with van der Waals surface area (Å²) in [4.78, 5) is 15.7. The fourth-order valence-corrected chi connectivity index (χ4v) is 6.36. The smallest absolute Gasteiger partial charge is 0.255 e. The number of nitrogens with one attached hydrogen (secondary N) is 3. The lowest BCUT2D eigenvalue weighted by Crippen LogP contribution is -2.33. The summed E-state index contributed by atoms with van der Waals surface area (Å²) < 4.78 is 8.23. The third kappa shape index (κ3) is 7.58. The first kappa shape index (κ1) is 31.3. The fourth-order valence-electron chi connectivity index (χ4n) is 6.01. The van der Waals surface area contributed by atoms with E-state index in [-0.39, 0.29) is 11.9 Å². The number of aromatic nitrogens is 1. The average molecular weight is 632 g/mol. The predicted octanol–water partition coefficient (Wildman–Crippen LogP) is 8.40. The number of carbonyl (C=O) groups is 1. The molecule has 46 heavy (non-hydrogen) atoms. The molecule has 5 aromatic rings. The van der Waals surface area contributed by atoms with E-state index < -0.39 is 0 Å². The van der Waals surface area contributed by atoms with Gasteiger partial charge in [0, 0.05) is 46.3 Å². The van der Waals surface area contributed by atoms with Gasteiger partial charge in [-0.25, -0.2) is 0 Å². The lowest BCUT2D eigenvalue weighted by molar-refractivity contribution is 0.102. The van der Waals surface area contributed by atoms with Crippen LogP contribution >= 0.6 is 12.2 Å². The van der Waals surface area contributed by atoms with Crippen molar-refractivity contribution in [3.8, 4) is 17.2 Å². The van der Waals surface area contributed by atoms with Gasteiger partial charge in [0.15, 0.2) is 5.11 Å². The van der Waals surface area contributed by atoms with E-state index in [1.54, 1.807) is 0 Å². The Kier molecular flexibility index (Phi) is 9.66. The minimum absolute atomic E-state index is 0.161. The highest BCUT2D eigenvalue weighted by molar-refractivity contribution is 7.80. The molecule has 3 N–H and O–H groups in total. The quantitative estimate of drug-likeness (QED) is 0.135. The van der Waals surface area contributed by atoms with E-state index in [1.165, 1.54) is 42.4 Å². The molecule has 1 atom stereocenters. The zero-order valence-corrected chi connectivity index (χ0v) is 27.4. The fraction of sp³-hybridized carbons (Fsp3) is 0.263. The summed E-state index contributed by atoms with van der Waals surface area (Å²) in [6.45, 7) is 8.81. The topological polar surface area (TPSA) is 70.6 Å². The molecule has 1 unspecified atom stereocenters. The summed E-state index contributed by atoms with van der Waals surface area (Å²) in [7, 11) is 0. The summed E-state index contributed by atoms with van der Waals surface area (Å²) >= 11 is 5.31. The van der Waals surface area contributed by atoms with Crippen molar-refractivity contribution in [3.05, 3.63) is 114 Å². The molecule has 1 amide bonds. The molecule has 1 aliphatic rings. The van der Waals surface area contributed by atoms with E-state index >= 15 is 0 Å². The summed E-state index contributed by atoms with van der Waals surface area (Å²) in [6.07, 6.45) is 5.88. The highest BCUT2D eigenvalue weighted by Gasteiger charge is 2.20. The molecule has 8 heteroatoms. The number of hydrogen-bond acceptors (Lipinski definition) is 4. The van der Waals surface area contributed by atoms with Gasteiger partial charge in [-0.3, -0.25) is 4.79 Å². The molecule has 1 saturated heterocycles. The number of amides is 1. The van der Waals surface area contributed by atoms with Gasteiger partial charge in [-0.2, -0.15) is 0 Å². The molecular weight excluding hydrogens is 591 g/mol. The van der Waals surface area contributed by atoms with Crippen LogP contribution in [0.3, 0.4) is 0 Å². The number of ether oxygens (including phenoxy) is 1. The highest BCUT2D eigenvalue weighted by atomic mass is 32.1. The minimum Gasteiger partial charge on any atom is -0.457 e. The van der Waals surface area contributed by atoms with Crippen molar-refractivity contribution < 1.29 is 9.53 Å². The number of para-hydroxylation sites is 1. The monoisotopic (exact) mass is 631 g/mol. The van der Waals surface area contributed by atoms with Crippen LogP contribution in [-0.2, 0) is 6.42 Å². The highest BCUT2D eigenvalue weighted by Crippen LogP contribution is 2.28. The molecule has 1 aromatic heterocycles. The van der Waals surface area contributed by atoms with Gasteiger partial charge in [-0.15, -0.1) is 0 Å². The number of anilines is 2. The van der Waals surface area contributed by atoms with Gasteiger partial charge in [0.2, 0.25) is 0 Å². The van der Waals surface area contributed by atoms with Crippen molar-refractivity contribution in [1.29, 1.82) is 0 Å². The first-order valence-corrected chi connectivity index (χ1v) is 16.4. The van der Waals surface area contributed by atoms with Crippen LogP contribution in [0, 0.1) is 0 Å². The molecule has 0 radical (unpaired) electrons. The van der Waals surface area contributed by atoms with Crippen molar-refractivity contribution in [3.63, 3.8) is 0 Å². The standard InChI is InChI=1S/C38H41N5O2S/c1-26(2)39-38(46)41-31-14-20-34(21-15-31)45-33-18-12-30(13-19-33)40-37(44)28-10-16-32(17-11-28)43-25-29(35-8-4-5-9-36(35)43)24-27(3)42-22-6-7-23-42/h4-5,8-21,25-27H,6-7,22-24H2,1-3H3,(H,40,44)(H2,39,41,46). The Bertz CT molecular complexity index is 1790. The molecule has 1 aliphatic heterocycles. The number of nitrogens with zero attached hydrogens (tertiary/aromatic N) is 2. The Hall–Kier alpha value is -4.66. The lowest BCUT2D eigenvalue weighted by Gasteiger charge is -2.23. The molecule has 236 valence electrons. The normalized spacial score (nSPS) is 13.9. The van der Waals surface area contributed by atoms with Crippen molar-refractivity contribution in [1.82, 2.24) is 14.8 Å². The van der Waals surface area contributed by atoms with Crippen molar-refractivity contribution in [2.75, 3.05) is 23.7 Å². The molecule has 7 nitrogen and oxygen atoms in total. The molecule has 2 heterocycles. The molecule has 4 aromatic carbocycles. The van der Waals surface area contributed by atoms with Gasteiger partial charge in [0.25, 0.3) is 5.91 Å². The van der Waals surface area contributed by atoms with Crippen LogP contribution in [0.1, 0.15) is 49.5 Å². The summed E-state index contributed by atoms with van der Waals surface area (Å²) in [5.74, 6) is 1.22. The van der Waals surface area contributed by atoms with Crippen LogP contribution in [0.4, 0.5) is 11.4 Å². The number of fused-ring (bicyclic) bond motifs is 1. The Morgan fingerprint density at radius 2 is 1.41 bits per heavy atom. The number of thiocarbonyl (C=S) groups is 1. The van der Waals surface area contributed by atoms with E-state index in [1.807, 2.05) is 86.6 Å². The van der Waals surface area contributed by atoms with E-state index in [4.69, 9.17) is 17.0 Å². The Balaban J connectivity index is 1.07. The molecular formula is C38H41N5O2S. The third-order valence-corrected chi connectivity index (χ3v) is 8.58. The van der Waals surface area contributed by atoms with Crippen LogP contribution < -0.4 is 20.7 Å². The lowest BCUT2D eigenvalue weighted by atomic mass is 10.1. The number of benzene rings is 4. The van der Waals surface area contributed by atoms with Gasteiger partial charge >= 0.3 is 0 Å². The van der Waals surface area contributed by atoms with Gasteiger partial charge < -0.3 is 30.2 Å². The van der Waals surface area contributed by atoms with Crippen LogP contribution in [0.25, 0.3) is 16.6 Å². The second kappa shape index (κ2) is 14.2. The van der Waals surface area contributed by atoms with Crippen molar-refractivity contribution in [2.24, 2.45) is 0 Å². The largest absolute Gasteiger partial charge is 0.457 e. The first-order valence-electron chi connectivity index (χ1n) is 16.0. The Labute approximate surface area is 276 Å². The molecule has 0 bridgehead atoms. The van der Waals surface area contributed by atoms with Crippen LogP contribution in [0.2, 0.25) is 0 Å². The molecule has 0 spiro atoms. The van der Waals surface area contributed by atoms with E-state index in [0.717, 1.165) is 17.8 Å². The second-order valence-corrected chi connectivity index (χ2v) is 12.7. The molecule has 1 fully saturated rings. The average Bonchev–Trinajstić information content (AvgIpc) is 3.72. The van der Waals surface area contributed by atoms with Crippen molar-refractivity contribution >= 4 is 45.5 Å². The van der Waals surface area contributed by atoms with E-state index in [9.17, 15) is 4.79 Å². The number of likely N-dealkylation sites (tertiary alicyclic amines) is 1. The van der Waals surface area contributed by atoms with Crippen LogP contribution in [0.15, 0.2) is 103 Å². The molecule has 0 aliphatic carbocycles. The summed E-state index contributed by atoms with van der Waals surface area (Å²) in [6, 6.07) is 32.1. The number of carbonyl (C=O) groups excluding carboxylic acids is 1. The molecule has 0 saturated carbocycles. The zero-order chi connectivity index (χ0) is 32.0. The zero-order valence-electron chi connectivity index (χ0n) is 26.6. The van der Waals surface area contributed by atoms with Gasteiger partial charge in [-0.05, 0) is 150 Å². The second-order valence-electron chi connectivity index (χ2n) is 12.2. The van der Waals surface area contributed by atoms with Crippen LogP contribution in [0.5, 0.6) is 11.5 Å². The Morgan fingerprint density at radius 3 is 2.04 bits per heavy atom. The third-order valence-electron chi connectivity index (χ3n) is 8.36. The van der Waals surface area contributed by atoms with Gasteiger partial charge in [0.05, 0.1) is 5.52 Å². The molecule has 6 rings (SSSR count). The summed E-state index contributed by atoms with van der Waals surface area (Å²) in [5, 5.41) is 11.2.